The molecule has 1 heterocycles. The second kappa shape index (κ2) is 4.86. The summed E-state index contributed by atoms with van der Waals surface area (Å²) in [6, 6.07) is 12.6. The summed E-state index contributed by atoms with van der Waals surface area (Å²) < 4.78 is 0. The quantitative estimate of drug-likeness (QED) is 0.781. The Morgan fingerprint density at radius 1 is 0.905 bits per heavy atom. The normalized spacial score (nSPS) is 13.4. The largest absolute Gasteiger partial charge is 0.545 e. The van der Waals surface area contributed by atoms with Gasteiger partial charge in [0.25, 0.3) is 11.8 Å². The van der Waals surface area contributed by atoms with Crippen molar-refractivity contribution in [1.29, 1.82) is 0 Å². The number of rotatable bonds is 3. The molecule has 0 saturated heterocycles. The molecule has 0 atom stereocenters. The Balaban J connectivity index is 1.85. The maximum atomic E-state index is 12.2. The number of carbonyl (C=O) groups is 3. The minimum atomic E-state index is -1.26. The maximum absolute atomic E-state index is 12.2. The van der Waals surface area contributed by atoms with Crippen molar-refractivity contribution in [2.45, 2.75) is 6.54 Å². The third-order valence-corrected chi connectivity index (χ3v) is 3.41. The summed E-state index contributed by atoms with van der Waals surface area (Å²) in [5.74, 6) is -1.93. The first-order valence-electron chi connectivity index (χ1n) is 6.33. The third kappa shape index (κ3) is 2.18. The van der Waals surface area contributed by atoms with Gasteiger partial charge in [-0.25, -0.2) is 0 Å². The summed E-state index contributed by atoms with van der Waals surface area (Å²) in [6.45, 7) is 0.111. The summed E-state index contributed by atoms with van der Waals surface area (Å²) in [4.78, 5) is 36.2. The third-order valence-electron chi connectivity index (χ3n) is 3.41. The SMILES string of the molecule is O=C([O-])c1ccc(CN2C(=O)c3ccccc3C2=O)cc1. The fourth-order valence-electron chi connectivity index (χ4n) is 2.31. The fraction of sp³-hybridized carbons (Fsp3) is 0.0625. The van der Waals surface area contributed by atoms with Crippen molar-refractivity contribution >= 4 is 17.8 Å². The second-order valence-corrected chi connectivity index (χ2v) is 4.73. The van der Waals surface area contributed by atoms with Crippen LogP contribution in [0, 0.1) is 0 Å². The number of carboxylic acids is 1. The number of amides is 2. The molecule has 0 N–H and O–H groups in total. The van der Waals surface area contributed by atoms with E-state index in [1.165, 1.54) is 12.1 Å². The van der Waals surface area contributed by atoms with Crippen molar-refractivity contribution in [3.63, 3.8) is 0 Å². The van der Waals surface area contributed by atoms with Crippen LogP contribution in [0.5, 0.6) is 0 Å². The van der Waals surface area contributed by atoms with Gasteiger partial charge in [-0.2, -0.15) is 0 Å². The molecule has 5 nitrogen and oxygen atoms in total. The van der Waals surface area contributed by atoms with Crippen molar-refractivity contribution in [3.05, 3.63) is 70.8 Å². The van der Waals surface area contributed by atoms with E-state index < -0.39 is 5.97 Å². The molecule has 104 valence electrons. The predicted octanol–water partition coefficient (Wildman–Crippen LogP) is 0.846. The van der Waals surface area contributed by atoms with E-state index in [0.717, 1.165) is 4.90 Å². The van der Waals surface area contributed by atoms with Gasteiger partial charge in [0.1, 0.15) is 0 Å². The minimum absolute atomic E-state index is 0.0566. The summed E-state index contributed by atoms with van der Waals surface area (Å²) in [7, 11) is 0. The lowest BCUT2D eigenvalue weighted by molar-refractivity contribution is -0.255. The van der Waals surface area contributed by atoms with Gasteiger partial charge in [0.2, 0.25) is 0 Å². The molecule has 0 unspecified atom stereocenters. The van der Waals surface area contributed by atoms with Crippen LogP contribution in [-0.2, 0) is 6.54 Å². The van der Waals surface area contributed by atoms with E-state index in [2.05, 4.69) is 0 Å². The van der Waals surface area contributed by atoms with Crippen LogP contribution < -0.4 is 5.11 Å². The van der Waals surface area contributed by atoms with Gasteiger partial charge in [0.05, 0.1) is 23.6 Å². The molecule has 2 aromatic carbocycles. The Labute approximate surface area is 120 Å². The van der Waals surface area contributed by atoms with E-state index in [0.29, 0.717) is 16.7 Å². The number of aromatic carboxylic acids is 1. The molecule has 2 aromatic rings. The maximum Gasteiger partial charge on any atom is 0.261 e. The van der Waals surface area contributed by atoms with Gasteiger partial charge < -0.3 is 9.90 Å². The van der Waals surface area contributed by atoms with Gasteiger partial charge in [-0.05, 0) is 23.3 Å². The van der Waals surface area contributed by atoms with E-state index in [9.17, 15) is 19.5 Å². The highest BCUT2D eigenvalue weighted by Crippen LogP contribution is 2.24. The van der Waals surface area contributed by atoms with Crippen LogP contribution in [0.25, 0.3) is 0 Å². The zero-order valence-electron chi connectivity index (χ0n) is 10.9. The lowest BCUT2D eigenvalue weighted by atomic mass is 10.1. The Hall–Kier alpha value is -2.95. The van der Waals surface area contributed by atoms with Crippen LogP contribution in [0.2, 0.25) is 0 Å². The van der Waals surface area contributed by atoms with Crippen molar-refractivity contribution in [2.24, 2.45) is 0 Å². The van der Waals surface area contributed by atoms with Crippen LogP contribution in [0.15, 0.2) is 48.5 Å². The van der Waals surface area contributed by atoms with Crippen LogP contribution in [-0.4, -0.2) is 22.7 Å². The predicted molar refractivity (Wildman–Crippen MR) is 71.4 cm³/mol. The summed E-state index contributed by atoms with van der Waals surface area (Å²) >= 11 is 0. The molecular formula is C16H10NO4-. The first-order valence-corrected chi connectivity index (χ1v) is 6.33. The van der Waals surface area contributed by atoms with Crippen molar-refractivity contribution in [3.8, 4) is 0 Å². The molecule has 5 heteroatoms. The zero-order valence-corrected chi connectivity index (χ0v) is 10.9. The molecule has 0 aromatic heterocycles. The molecule has 1 aliphatic heterocycles. The van der Waals surface area contributed by atoms with E-state index >= 15 is 0 Å². The van der Waals surface area contributed by atoms with Gasteiger partial charge in [-0.1, -0.05) is 36.4 Å². The smallest absolute Gasteiger partial charge is 0.261 e. The number of nitrogens with zero attached hydrogens (tertiary/aromatic N) is 1. The zero-order chi connectivity index (χ0) is 15.0. The van der Waals surface area contributed by atoms with Crippen LogP contribution in [0.3, 0.4) is 0 Å². The fourth-order valence-corrected chi connectivity index (χ4v) is 2.31. The number of carbonyl (C=O) groups excluding carboxylic acids is 3. The molecule has 0 fully saturated rings. The highest BCUT2D eigenvalue weighted by Gasteiger charge is 2.34. The second-order valence-electron chi connectivity index (χ2n) is 4.73. The topological polar surface area (TPSA) is 77.5 Å². The lowest BCUT2D eigenvalue weighted by Crippen LogP contribution is -2.29. The minimum Gasteiger partial charge on any atom is -0.545 e. The summed E-state index contributed by atoms with van der Waals surface area (Å²) in [5, 5.41) is 10.7. The van der Waals surface area contributed by atoms with Crippen LogP contribution >= 0.6 is 0 Å². The first-order chi connectivity index (χ1) is 10.1. The number of imide groups is 1. The van der Waals surface area contributed by atoms with Crippen LogP contribution in [0.1, 0.15) is 36.6 Å². The molecule has 0 radical (unpaired) electrons. The number of benzene rings is 2. The Morgan fingerprint density at radius 3 is 1.90 bits per heavy atom. The van der Waals surface area contributed by atoms with Crippen molar-refractivity contribution < 1.29 is 19.5 Å². The van der Waals surface area contributed by atoms with E-state index in [-0.39, 0.29) is 23.9 Å². The molecule has 0 bridgehead atoms. The Kier molecular flexibility index (Phi) is 3.02. The van der Waals surface area contributed by atoms with Gasteiger partial charge in [0.15, 0.2) is 0 Å². The molecule has 1 aliphatic rings. The molecular weight excluding hydrogens is 270 g/mol. The number of carboxylic acid groups (broad SMARTS) is 1. The molecule has 21 heavy (non-hydrogen) atoms. The number of hydrogen-bond acceptors (Lipinski definition) is 4. The highest BCUT2D eigenvalue weighted by atomic mass is 16.4. The molecule has 0 spiro atoms. The van der Waals surface area contributed by atoms with Crippen molar-refractivity contribution in [1.82, 2.24) is 4.90 Å². The van der Waals surface area contributed by atoms with E-state index in [1.54, 1.807) is 36.4 Å². The van der Waals surface area contributed by atoms with Gasteiger partial charge in [-0.3, -0.25) is 14.5 Å². The molecule has 0 saturated carbocycles. The summed E-state index contributed by atoms with van der Waals surface area (Å²) in [5.41, 5.74) is 1.53. The van der Waals surface area contributed by atoms with Crippen LogP contribution in [0.4, 0.5) is 0 Å². The molecule has 3 rings (SSSR count). The Morgan fingerprint density at radius 2 is 1.43 bits per heavy atom. The molecule has 0 aliphatic carbocycles. The van der Waals surface area contributed by atoms with E-state index in [1.807, 2.05) is 0 Å². The van der Waals surface area contributed by atoms with Gasteiger partial charge in [-0.15, -0.1) is 0 Å². The van der Waals surface area contributed by atoms with Gasteiger partial charge >= 0.3 is 0 Å². The number of fused-ring (bicyclic) bond motifs is 1. The first kappa shape index (κ1) is 13.1. The Bertz CT molecular complexity index is 714. The average molecular weight is 280 g/mol. The highest BCUT2D eigenvalue weighted by molar-refractivity contribution is 6.21. The number of hydrogen-bond donors (Lipinski definition) is 0. The lowest BCUT2D eigenvalue weighted by Gasteiger charge is -2.14. The standard InChI is InChI=1S/C16H11NO4/c18-14-12-3-1-2-4-13(12)15(19)17(14)9-10-5-7-11(8-6-10)16(20)21/h1-8H,9H2,(H,20,21)/p-1. The van der Waals surface area contributed by atoms with Crippen molar-refractivity contribution in [2.75, 3.05) is 0 Å². The van der Waals surface area contributed by atoms with Gasteiger partial charge in [0, 0.05) is 0 Å². The van der Waals surface area contributed by atoms with E-state index in [4.69, 9.17) is 0 Å². The summed E-state index contributed by atoms with van der Waals surface area (Å²) in [6.07, 6.45) is 0. The molecule has 2 amide bonds. The monoisotopic (exact) mass is 280 g/mol. The average Bonchev–Trinajstić information content (AvgIpc) is 2.73.